The van der Waals surface area contributed by atoms with E-state index in [1.54, 1.807) is 0 Å². The number of carbonyl (C=O) groups is 1. The summed E-state index contributed by atoms with van der Waals surface area (Å²) in [6.07, 6.45) is -0.764. The second kappa shape index (κ2) is 7.74. The molecule has 0 aliphatic carbocycles. The second-order valence-corrected chi connectivity index (χ2v) is 6.86. The second-order valence-electron chi connectivity index (χ2n) is 6.86. The molecule has 0 radical (unpaired) electrons. The summed E-state index contributed by atoms with van der Waals surface area (Å²) in [5.74, 6) is -0.565. The molecule has 0 aromatic carbocycles. The van der Waals surface area contributed by atoms with Crippen LogP contribution < -0.4 is 5.32 Å². The van der Waals surface area contributed by atoms with Gasteiger partial charge in [0.2, 0.25) is 11.7 Å². The minimum absolute atomic E-state index is 0.128. The van der Waals surface area contributed by atoms with Crippen LogP contribution in [0.3, 0.4) is 0 Å². The van der Waals surface area contributed by atoms with E-state index in [1.165, 1.54) is 6.20 Å². The molecule has 0 fully saturated rings. The number of fused-ring (bicyclic) bond motifs is 1. The molecule has 1 N–H and O–H groups in total. The molecule has 27 heavy (non-hydrogen) atoms. The number of aromatic nitrogens is 3. The number of nitrogens with one attached hydrogen (secondary N) is 1. The Balaban J connectivity index is 1.58. The predicted octanol–water partition coefficient (Wildman–Crippen LogP) is 3.67. The Morgan fingerprint density at radius 2 is 2.15 bits per heavy atom. The number of carbonyl (C=O) groups excluding carboxylic acids is 1. The zero-order valence-corrected chi connectivity index (χ0v) is 15.3. The third-order valence-corrected chi connectivity index (χ3v) is 5.14. The van der Waals surface area contributed by atoms with Crippen molar-refractivity contribution in [3.8, 4) is 0 Å². The molecule has 1 amide bonds. The average molecular weight is 384 g/mol. The molecule has 1 aliphatic rings. The molecular weight excluding hydrogens is 361 g/mol. The van der Waals surface area contributed by atoms with E-state index < -0.39 is 12.0 Å². The van der Waals surface area contributed by atoms with Gasteiger partial charge in [0.15, 0.2) is 5.76 Å². The van der Waals surface area contributed by atoms with Crippen LogP contribution in [0.1, 0.15) is 62.0 Å². The SMILES string of the molecule is CCC(CC)c1cc(CNC(=O)[C@@H]2CCn3c(cnc3C(F)(F)F)C2)on1. The fourth-order valence-corrected chi connectivity index (χ4v) is 3.54. The number of halogens is 3. The fraction of sp³-hybridized carbons (Fsp3) is 0.611. The van der Waals surface area contributed by atoms with Gasteiger partial charge in [-0.3, -0.25) is 4.79 Å². The summed E-state index contributed by atoms with van der Waals surface area (Å²) >= 11 is 0. The van der Waals surface area contributed by atoms with Gasteiger partial charge < -0.3 is 14.4 Å². The normalized spacial score (nSPS) is 17.2. The molecule has 0 unspecified atom stereocenters. The molecule has 0 spiro atoms. The molecule has 0 saturated heterocycles. The summed E-state index contributed by atoms with van der Waals surface area (Å²) in [7, 11) is 0. The average Bonchev–Trinajstić information content (AvgIpc) is 3.26. The van der Waals surface area contributed by atoms with Crippen molar-refractivity contribution in [2.75, 3.05) is 0 Å². The van der Waals surface area contributed by atoms with E-state index >= 15 is 0 Å². The largest absolute Gasteiger partial charge is 0.449 e. The molecule has 2 aromatic heterocycles. The first-order valence-electron chi connectivity index (χ1n) is 9.18. The van der Waals surface area contributed by atoms with Crippen LogP contribution in [0.4, 0.5) is 13.2 Å². The van der Waals surface area contributed by atoms with Crippen molar-refractivity contribution in [2.45, 2.75) is 64.7 Å². The highest BCUT2D eigenvalue weighted by Crippen LogP contribution is 2.32. The highest BCUT2D eigenvalue weighted by molar-refractivity contribution is 5.79. The van der Waals surface area contributed by atoms with Crippen molar-refractivity contribution < 1.29 is 22.5 Å². The van der Waals surface area contributed by atoms with Gasteiger partial charge in [0.25, 0.3) is 0 Å². The quantitative estimate of drug-likeness (QED) is 0.825. The van der Waals surface area contributed by atoms with Crippen LogP contribution in [-0.2, 0) is 30.5 Å². The maximum Gasteiger partial charge on any atom is 0.449 e. The van der Waals surface area contributed by atoms with Crippen molar-refractivity contribution in [3.63, 3.8) is 0 Å². The molecule has 0 saturated carbocycles. The van der Waals surface area contributed by atoms with Crippen LogP contribution >= 0.6 is 0 Å². The molecule has 148 valence electrons. The van der Waals surface area contributed by atoms with Crippen LogP contribution in [0, 0.1) is 5.92 Å². The summed E-state index contributed by atoms with van der Waals surface area (Å²) in [4.78, 5) is 15.9. The summed E-state index contributed by atoms with van der Waals surface area (Å²) in [5, 5.41) is 6.86. The lowest BCUT2D eigenvalue weighted by atomic mass is 9.95. The van der Waals surface area contributed by atoms with E-state index in [1.807, 2.05) is 6.07 Å². The van der Waals surface area contributed by atoms with Gasteiger partial charge in [0.05, 0.1) is 12.2 Å². The molecule has 2 aromatic rings. The zero-order chi connectivity index (χ0) is 19.6. The summed E-state index contributed by atoms with van der Waals surface area (Å²) in [6.45, 7) is 4.52. The Hall–Kier alpha value is -2.32. The standard InChI is InChI=1S/C18H23F3N4O2/c1-3-11(4-2)15-8-14(27-24-15)10-22-16(26)12-5-6-25-13(7-12)9-23-17(25)18(19,20)21/h8-9,11-12H,3-7,10H2,1-2H3,(H,22,26)/t12-/m1/s1. The third-order valence-electron chi connectivity index (χ3n) is 5.14. The number of hydrogen-bond acceptors (Lipinski definition) is 4. The predicted molar refractivity (Wildman–Crippen MR) is 90.7 cm³/mol. The molecule has 9 heteroatoms. The minimum atomic E-state index is -4.48. The Kier molecular flexibility index (Phi) is 5.57. The molecule has 6 nitrogen and oxygen atoms in total. The zero-order valence-electron chi connectivity index (χ0n) is 15.3. The lowest BCUT2D eigenvalue weighted by molar-refractivity contribution is -0.147. The minimum Gasteiger partial charge on any atom is -0.359 e. The molecule has 0 bridgehead atoms. The summed E-state index contributed by atoms with van der Waals surface area (Å²) in [6, 6.07) is 1.85. The highest BCUT2D eigenvalue weighted by Gasteiger charge is 2.39. The van der Waals surface area contributed by atoms with E-state index in [0.29, 0.717) is 23.8 Å². The van der Waals surface area contributed by atoms with Gasteiger partial charge in [-0.15, -0.1) is 0 Å². The van der Waals surface area contributed by atoms with Gasteiger partial charge in [-0.05, 0) is 19.3 Å². The van der Waals surface area contributed by atoms with Crippen molar-refractivity contribution >= 4 is 5.91 Å². The van der Waals surface area contributed by atoms with Crippen molar-refractivity contribution in [1.29, 1.82) is 0 Å². The smallest absolute Gasteiger partial charge is 0.359 e. The number of hydrogen-bond donors (Lipinski definition) is 1. The summed E-state index contributed by atoms with van der Waals surface area (Å²) < 4.78 is 45.1. The van der Waals surface area contributed by atoms with E-state index in [2.05, 4.69) is 29.3 Å². The number of amides is 1. The number of nitrogens with zero attached hydrogens (tertiary/aromatic N) is 3. The highest BCUT2D eigenvalue weighted by atomic mass is 19.4. The topological polar surface area (TPSA) is 73.0 Å². The van der Waals surface area contributed by atoms with Crippen LogP contribution in [0.25, 0.3) is 0 Å². The molecule has 3 heterocycles. The maximum atomic E-state index is 12.9. The monoisotopic (exact) mass is 384 g/mol. The first kappa shape index (κ1) is 19.4. The Morgan fingerprint density at radius 3 is 2.81 bits per heavy atom. The lowest BCUT2D eigenvalue weighted by Gasteiger charge is -2.24. The van der Waals surface area contributed by atoms with Crippen molar-refractivity contribution in [1.82, 2.24) is 20.0 Å². The molecule has 1 atom stereocenters. The van der Waals surface area contributed by atoms with Gasteiger partial charge in [0.1, 0.15) is 0 Å². The van der Waals surface area contributed by atoms with Crippen LogP contribution in [0.2, 0.25) is 0 Å². The van der Waals surface area contributed by atoms with Gasteiger partial charge in [-0.25, -0.2) is 4.98 Å². The summed E-state index contributed by atoms with van der Waals surface area (Å²) in [5.41, 5.74) is 1.31. The van der Waals surface area contributed by atoms with Gasteiger partial charge >= 0.3 is 6.18 Å². The van der Waals surface area contributed by atoms with E-state index in [9.17, 15) is 18.0 Å². The Morgan fingerprint density at radius 1 is 1.41 bits per heavy atom. The van der Waals surface area contributed by atoms with Gasteiger partial charge in [-0.1, -0.05) is 19.0 Å². The van der Waals surface area contributed by atoms with E-state index in [-0.39, 0.29) is 31.3 Å². The maximum absolute atomic E-state index is 12.9. The molecule has 1 aliphatic heterocycles. The van der Waals surface area contributed by atoms with Crippen LogP contribution in [0.15, 0.2) is 16.8 Å². The van der Waals surface area contributed by atoms with E-state index in [0.717, 1.165) is 23.1 Å². The number of alkyl halides is 3. The van der Waals surface area contributed by atoms with Gasteiger partial charge in [-0.2, -0.15) is 13.2 Å². The van der Waals surface area contributed by atoms with Crippen molar-refractivity contribution in [3.05, 3.63) is 35.2 Å². The third kappa shape index (κ3) is 4.17. The molecule has 3 rings (SSSR count). The van der Waals surface area contributed by atoms with Crippen LogP contribution in [-0.4, -0.2) is 20.6 Å². The van der Waals surface area contributed by atoms with Crippen LogP contribution in [0.5, 0.6) is 0 Å². The van der Waals surface area contributed by atoms with E-state index in [4.69, 9.17) is 4.52 Å². The Labute approximate surface area is 155 Å². The lowest BCUT2D eigenvalue weighted by Crippen LogP contribution is -2.35. The Bertz CT molecular complexity index is 793. The number of rotatable bonds is 6. The van der Waals surface area contributed by atoms with Gasteiger partial charge in [0, 0.05) is 42.8 Å². The molecular formula is C18H23F3N4O2. The van der Waals surface area contributed by atoms with Crippen molar-refractivity contribution in [2.24, 2.45) is 5.92 Å². The number of imidazole rings is 1. The fourth-order valence-electron chi connectivity index (χ4n) is 3.54. The first-order valence-corrected chi connectivity index (χ1v) is 9.18. The first-order chi connectivity index (χ1) is 12.8.